The van der Waals surface area contributed by atoms with E-state index in [0.29, 0.717) is 32.7 Å². The molecule has 9 heteroatoms. The molecule has 0 atom stereocenters. The number of nitrogens with zero attached hydrogens (tertiary/aromatic N) is 2. The number of para-hydroxylation sites is 2. The minimum atomic E-state index is -1.28. The summed E-state index contributed by atoms with van der Waals surface area (Å²) in [6.45, 7) is 2.18. The van der Waals surface area contributed by atoms with Crippen molar-refractivity contribution in [3.63, 3.8) is 0 Å². The second-order valence-electron chi connectivity index (χ2n) is 12.1. The van der Waals surface area contributed by atoms with Crippen molar-refractivity contribution < 1.29 is 30.0 Å². The first kappa shape index (κ1) is 33.4. The molecule has 4 N–H and O–H groups in total. The van der Waals surface area contributed by atoms with Gasteiger partial charge in [-0.2, -0.15) is 0 Å². The molecule has 6 aromatic rings. The highest BCUT2D eigenvalue weighted by molar-refractivity contribution is 7.99. The minimum Gasteiger partial charge on any atom is -0.507 e. The summed E-state index contributed by atoms with van der Waals surface area (Å²) in [5, 5.41) is 42.8. The lowest BCUT2D eigenvalue weighted by Crippen LogP contribution is -2.25. The van der Waals surface area contributed by atoms with E-state index in [9.17, 15) is 30.0 Å². The zero-order valence-electron chi connectivity index (χ0n) is 27.1. The summed E-state index contributed by atoms with van der Waals surface area (Å²) in [6.07, 6.45) is 1.13. The molecule has 0 aromatic heterocycles. The van der Waals surface area contributed by atoms with Crippen LogP contribution in [0.25, 0.3) is 21.5 Å². The standard InChI is InChI=1S/C23H16O6.C17H20N2S/c24-20-16(14-7-3-1-5-12(14)9-18(20)22(26)27)11-17-15-8-4-2-6-13(15)10-19(21(17)25)23(28)29;1-18(2)12-7-13-19-14-8-3-5-10-16(14)20-17-11-6-4-9-15(17)19/h1-10,24-25H,11H2,(H,26,27)(H,28,29);3-6,8-11H,7,12-13H2,1-2H3. The fourth-order valence-electron chi connectivity index (χ4n) is 6.25. The van der Waals surface area contributed by atoms with Crippen molar-refractivity contribution in [3.05, 3.63) is 131 Å². The number of benzene rings is 6. The normalized spacial score (nSPS) is 11.9. The van der Waals surface area contributed by atoms with Crippen molar-refractivity contribution in [2.24, 2.45) is 0 Å². The van der Waals surface area contributed by atoms with Gasteiger partial charge in [0.25, 0.3) is 0 Å². The lowest BCUT2D eigenvalue weighted by Gasteiger charge is -2.33. The van der Waals surface area contributed by atoms with Crippen LogP contribution < -0.4 is 4.90 Å². The number of phenols is 2. The molecule has 1 aliphatic rings. The van der Waals surface area contributed by atoms with Crippen LogP contribution >= 0.6 is 11.8 Å². The van der Waals surface area contributed by atoms with E-state index in [1.807, 2.05) is 11.8 Å². The second kappa shape index (κ2) is 14.3. The number of hydrogen-bond acceptors (Lipinski definition) is 7. The molecule has 1 aliphatic heterocycles. The molecule has 0 bridgehead atoms. The van der Waals surface area contributed by atoms with Gasteiger partial charge in [-0.05, 0) is 85.0 Å². The van der Waals surface area contributed by atoms with Crippen molar-refractivity contribution in [2.45, 2.75) is 22.6 Å². The number of aromatic carboxylic acids is 2. The summed E-state index contributed by atoms with van der Waals surface area (Å²) in [4.78, 5) is 30.6. The van der Waals surface area contributed by atoms with Crippen molar-refractivity contribution in [1.82, 2.24) is 4.90 Å². The zero-order chi connectivity index (χ0) is 34.7. The van der Waals surface area contributed by atoms with Gasteiger partial charge in [0.1, 0.15) is 22.6 Å². The molecule has 0 radical (unpaired) electrons. The number of hydrogen-bond donors (Lipinski definition) is 4. The maximum Gasteiger partial charge on any atom is 0.339 e. The van der Waals surface area contributed by atoms with Gasteiger partial charge in [-0.3, -0.25) is 0 Å². The number of fused-ring (bicyclic) bond motifs is 4. The van der Waals surface area contributed by atoms with E-state index in [1.54, 1.807) is 48.5 Å². The van der Waals surface area contributed by atoms with Crippen molar-refractivity contribution in [3.8, 4) is 11.5 Å². The maximum atomic E-state index is 11.6. The lowest BCUT2D eigenvalue weighted by atomic mass is 9.90. The van der Waals surface area contributed by atoms with Crippen molar-refractivity contribution in [2.75, 3.05) is 32.1 Å². The predicted molar refractivity (Wildman–Crippen MR) is 195 cm³/mol. The van der Waals surface area contributed by atoms with Crippen LogP contribution in [0.1, 0.15) is 38.3 Å². The Balaban J connectivity index is 0.000000182. The van der Waals surface area contributed by atoms with E-state index >= 15 is 0 Å². The van der Waals surface area contributed by atoms with Crippen molar-refractivity contribution >= 4 is 56.6 Å². The molecule has 1 heterocycles. The Labute approximate surface area is 288 Å². The average molecular weight is 673 g/mol. The van der Waals surface area contributed by atoms with Gasteiger partial charge in [0.15, 0.2) is 0 Å². The molecule has 0 spiro atoms. The monoisotopic (exact) mass is 672 g/mol. The first-order chi connectivity index (χ1) is 23.6. The molecule has 0 saturated carbocycles. The van der Waals surface area contributed by atoms with Gasteiger partial charge in [-0.15, -0.1) is 0 Å². The quantitative estimate of drug-likeness (QED) is 0.126. The molecule has 7 rings (SSSR count). The molecule has 248 valence electrons. The summed E-state index contributed by atoms with van der Waals surface area (Å²) >= 11 is 1.87. The third-order valence-electron chi connectivity index (χ3n) is 8.59. The van der Waals surface area contributed by atoms with E-state index in [0.717, 1.165) is 13.1 Å². The van der Waals surface area contributed by atoms with Crippen LogP contribution in [0.2, 0.25) is 0 Å². The van der Waals surface area contributed by atoms with Gasteiger partial charge in [0, 0.05) is 33.9 Å². The van der Waals surface area contributed by atoms with E-state index in [2.05, 4.69) is 72.4 Å². The fraction of sp³-hybridized carbons (Fsp3) is 0.150. The smallest absolute Gasteiger partial charge is 0.339 e. The molecule has 6 aromatic carbocycles. The molecule has 49 heavy (non-hydrogen) atoms. The van der Waals surface area contributed by atoms with Crippen LogP contribution in [-0.4, -0.2) is 64.4 Å². The summed E-state index contributed by atoms with van der Waals surface area (Å²) in [7, 11) is 4.27. The molecule has 0 unspecified atom stereocenters. The fourth-order valence-corrected chi connectivity index (χ4v) is 7.35. The largest absolute Gasteiger partial charge is 0.507 e. The Bertz CT molecular complexity index is 2050. The third-order valence-corrected chi connectivity index (χ3v) is 9.72. The first-order valence-corrected chi connectivity index (χ1v) is 16.7. The molecule has 0 aliphatic carbocycles. The summed E-state index contributed by atoms with van der Waals surface area (Å²) in [5.74, 6) is -3.36. The molecule has 0 saturated heterocycles. The van der Waals surface area contributed by atoms with E-state index in [-0.39, 0.29) is 17.5 Å². The van der Waals surface area contributed by atoms with Gasteiger partial charge >= 0.3 is 11.9 Å². The molecule has 8 nitrogen and oxygen atoms in total. The summed E-state index contributed by atoms with van der Waals surface area (Å²) < 4.78 is 0. The summed E-state index contributed by atoms with van der Waals surface area (Å²) in [5.41, 5.74) is 2.80. The van der Waals surface area contributed by atoms with Gasteiger partial charge in [0.05, 0.1) is 11.4 Å². The van der Waals surface area contributed by atoms with Crippen LogP contribution in [0.15, 0.2) is 119 Å². The van der Waals surface area contributed by atoms with Gasteiger partial charge in [0.2, 0.25) is 0 Å². The van der Waals surface area contributed by atoms with Crippen LogP contribution in [-0.2, 0) is 6.42 Å². The molecular formula is C40H36N2O6S. The van der Waals surface area contributed by atoms with Gasteiger partial charge < -0.3 is 30.2 Å². The highest BCUT2D eigenvalue weighted by Crippen LogP contribution is 2.47. The third kappa shape index (κ3) is 6.90. The number of carboxylic acid groups (broad SMARTS) is 2. The van der Waals surface area contributed by atoms with E-state index in [4.69, 9.17) is 0 Å². The van der Waals surface area contributed by atoms with Crippen LogP contribution in [0.3, 0.4) is 0 Å². The van der Waals surface area contributed by atoms with E-state index in [1.165, 1.54) is 39.7 Å². The Morgan fingerprint density at radius 3 is 1.53 bits per heavy atom. The number of carboxylic acids is 2. The average Bonchev–Trinajstić information content (AvgIpc) is 3.09. The topological polar surface area (TPSA) is 122 Å². The highest BCUT2D eigenvalue weighted by Gasteiger charge is 2.24. The van der Waals surface area contributed by atoms with Crippen LogP contribution in [0.5, 0.6) is 11.5 Å². The summed E-state index contributed by atoms with van der Waals surface area (Å²) in [6, 6.07) is 34.2. The molecular weight excluding hydrogens is 637 g/mol. The van der Waals surface area contributed by atoms with Gasteiger partial charge in [-0.1, -0.05) is 84.6 Å². The van der Waals surface area contributed by atoms with Crippen LogP contribution in [0.4, 0.5) is 11.4 Å². The predicted octanol–water partition coefficient (Wildman–Crippen LogP) is 8.63. The highest BCUT2D eigenvalue weighted by atomic mass is 32.2. The van der Waals surface area contributed by atoms with E-state index < -0.39 is 23.4 Å². The zero-order valence-corrected chi connectivity index (χ0v) is 27.9. The second-order valence-corrected chi connectivity index (χ2v) is 13.2. The molecule has 0 amide bonds. The number of rotatable bonds is 8. The number of carbonyl (C=O) groups is 2. The molecule has 0 fully saturated rings. The number of aromatic hydroxyl groups is 2. The SMILES string of the molecule is CN(C)CCCN1c2ccccc2Sc2ccccc21.O=C(O)c1cc2ccccc2c(Cc2c(O)c(C(=O)O)cc3ccccc23)c1O. The Hall–Kier alpha value is -5.51. The van der Waals surface area contributed by atoms with Crippen LogP contribution in [0, 0.1) is 0 Å². The Kier molecular flexibility index (Phi) is 9.75. The van der Waals surface area contributed by atoms with Crippen molar-refractivity contribution in [1.29, 1.82) is 0 Å². The number of anilines is 2. The van der Waals surface area contributed by atoms with Gasteiger partial charge in [-0.25, -0.2) is 9.59 Å². The first-order valence-electron chi connectivity index (χ1n) is 15.9. The minimum absolute atomic E-state index is 0.0407. The lowest BCUT2D eigenvalue weighted by molar-refractivity contribution is 0.0682. The Morgan fingerprint density at radius 2 is 1.08 bits per heavy atom. The maximum absolute atomic E-state index is 11.6. The Morgan fingerprint density at radius 1 is 0.653 bits per heavy atom.